The highest BCUT2D eigenvalue weighted by atomic mass is 16.4. The first-order chi connectivity index (χ1) is 14.5. The number of nitrogens with two attached hydrogens (primary N) is 2. The first-order valence-corrected chi connectivity index (χ1v) is 12.4. The number of carboxylic acids is 2. The second-order valence-electron chi connectivity index (χ2n) is 8.23. The molecule has 6 heteroatoms. The van der Waals surface area contributed by atoms with Crippen LogP contribution in [0.15, 0.2) is 0 Å². The van der Waals surface area contributed by atoms with E-state index in [9.17, 15) is 9.59 Å². The van der Waals surface area contributed by atoms with Gasteiger partial charge >= 0.3 is 11.9 Å². The minimum absolute atomic E-state index is 0.276. The molecule has 0 saturated heterocycles. The van der Waals surface area contributed by atoms with Crippen molar-refractivity contribution in [2.75, 3.05) is 13.1 Å². The van der Waals surface area contributed by atoms with Gasteiger partial charge in [0.1, 0.15) is 0 Å². The van der Waals surface area contributed by atoms with E-state index in [1.165, 1.54) is 64.2 Å². The fourth-order valence-electron chi connectivity index (χ4n) is 3.32. The average Bonchev–Trinajstić information content (AvgIpc) is 2.71. The molecule has 0 bridgehead atoms. The Bertz CT molecular complexity index is 331. The Morgan fingerprint density at radius 3 is 0.800 bits per heavy atom. The van der Waals surface area contributed by atoms with E-state index in [-0.39, 0.29) is 12.8 Å². The fourth-order valence-corrected chi connectivity index (χ4v) is 3.32. The lowest BCUT2D eigenvalue weighted by Crippen LogP contribution is -1.97. The maximum Gasteiger partial charge on any atom is 0.303 e. The van der Waals surface area contributed by atoms with Gasteiger partial charge in [0, 0.05) is 12.8 Å². The minimum atomic E-state index is -0.714. The molecule has 0 fully saturated rings. The highest BCUT2D eigenvalue weighted by Crippen LogP contribution is 2.11. The first-order valence-electron chi connectivity index (χ1n) is 12.4. The summed E-state index contributed by atoms with van der Waals surface area (Å²) in [7, 11) is 0. The molecule has 0 saturated carbocycles. The first kappa shape index (κ1) is 31.0. The predicted molar refractivity (Wildman–Crippen MR) is 126 cm³/mol. The van der Waals surface area contributed by atoms with E-state index in [1.807, 2.05) is 0 Å². The van der Waals surface area contributed by atoms with Crippen LogP contribution in [0.4, 0.5) is 0 Å². The lowest BCUT2D eigenvalue weighted by atomic mass is 10.1. The standard InChI is InChI=1S/C12H28N2.C12H22O4/c13-11-9-7-5-3-1-2-4-6-8-10-12-14;13-11(14)9-7-5-3-1-2-4-6-8-10-12(15)16/h1-14H2;1-10H2,(H,13,14)(H,15,16). The zero-order valence-electron chi connectivity index (χ0n) is 19.4. The molecule has 6 nitrogen and oxygen atoms in total. The topological polar surface area (TPSA) is 127 Å². The van der Waals surface area contributed by atoms with Gasteiger partial charge in [-0.15, -0.1) is 0 Å². The van der Waals surface area contributed by atoms with Gasteiger partial charge in [0.15, 0.2) is 0 Å². The molecule has 0 aromatic heterocycles. The van der Waals surface area contributed by atoms with Gasteiger partial charge in [0.05, 0.1) is 0 Å². The van der Waals surface area contributed by atoms with E-state index in [1.54, 1.807) is 0 Å². The molecule has 0 radical (unpaired) electrons. The van der Waals surface area contributed by atoms with Gasteiger partial charge in [-0.2, -0.15) is 0 Å². The van der Waals surface area contributed by atoms with Gasteiger partial charge in [-0.05, 0) is 38.8 Å². The zero-order chi connectivity index (χ0) is 22.7. The largest absolute Gasteiger partial charge is 0.481 e. The summed E-state index contributed by atoms with van der Waals surface area (Å²) in [5.74, 6) is -1.43. The SMILES string of the molecule is NCCCCCCCCCCCCN.O=C(O)CCCCCCCCCCC(=O)O. The molecule has 0 amide bonds. The van der Waals surface area contributed by atoms with Crippen LogP contribution in [0.2, 0.25) is 0 Å². The van der Waals surface area contributed by atoms with E-state index >= 15 is 0 Å². The third kappa shape index (κ3) is 34.4. The molecule has 0 rings (SSSR count). The van der Waals surface area contributed by atoms with Gasteiger partial charge in [0.25, 0.3) is 0 Å². The monoisotopic (exact) mass is 430 g/mol. The van der Waals surface area contributed by atoms with Crippen LogP contribution in [0.5, 0.6) is 0 Å². The van der Waals surface area contributed by atoms with E-state index in [0.29, 0.717) is 0 Å². The van der Waals surface area contributed by atoms with Crippen LogP contribution in [0.25, 0.3) is 0 Å². The molecule has 0 unspecified atom stereocenters. The lowest BCUT2D eigenvalue weighted by molar-refractivity contribution is -0.138. The van der Waals surface area contributed by atoms with Crippen LogP contribution >= 0.6 is 0 Å². The fraction of sp³-hybridized carbons (Fsp3) is 0.917. The highest BCUT2D eigenvalue weighted by Gasteiger charge is 1.98. The number of hydrogen-bond donors (Lipinski definition) is 4. The summed E-state index contributed by atoms with van der Waals surface area (Å²) in [5, 5.41) is 16.8. The molecule has 0 heterocycles. The Balaban J connectivity index is 0. The number of carboxylic acid groups (broad SMARTS) is 2. The number of rotatable bonds is 22. The Morgan fingerprint density at radius 1 is 0.400 bits per heavy atom. The van der Waals surface area contributed by atoms with Crippen LogP contribution in [0.3, 0.4) is 0 Å². The van der Waals surface area contributed by atoms with Gasteiger partial charge < -0.3 is 21.7 Å². The van der Waals surface area contributed by atoms with Crippen LogP contribution in [-0.4, -0.2) is 35.2 Å². The van der Waals surface area contributed by atoms with E-state index in [4.69, 9.17) is 21.7 Å². The molecule has 180 valence electrons. The van der Waals surface area contributed by atoms with Crippen molar-refractivity contribution >= 4 is 11.9 Å². The van der Waals surface area contributed by atoms with Crippen molar-refractivity contribution in [3.05, 3.63) is 0 Å². The summed E-state index contributed by atoms with van der Waals surface area (Å²) in [4.78, 5) is 20.4. The molecule has 0 aliphatic heterocycles. The van der Waals surface area contributed by atoms with Crippen molar-refractivity contribution in [1.82, 2.24) is 0 Å². The number of unbranched alkanes of at least 4 members (excludes halogenated alkanes) is 16. The van der Waals surface area contributed by atoms with Crippen LogP contribution in [0, 0.1) is 0 Å². The molecule has 0 aliphatic rings. The summed E-state index contributed by atoms with van der Waals surface area (Å²) in [6, 6.07) is 0. The van der Waals surface area contributed by atoms with Gasteiger partial charge in [-0.3, -0.25) is 9.59 Å². The summed E-state index contributed by atoms with van der Waals surface area (Å²) in [6.07, 6.45) is 21.9. The Labute approximate surface area is 185 Å². The molecule has 0 aliphatic carbocycles. The van der Waals surface area contributed by atoms with Crippen LogP contribution < -0.4 is 11.5 Å². The van der Waals surface area contributed by atoms with Gasteiger partial charge in [0.2, 0.25) is 0 Å². The number of aliphatic carboxylic acids is 2. The Kier molecular flexibility index (Phi) is 28.8. The maximum absolute atomic E-state index is 10.2. The molecular weight excluding hydrogens is 380 g/mol. The van der Waals surface area contributed by atoms with Crippen LogP contribution in [0.1, 0.15) is 128 Å². The molecule has 0 spiro atoms. The maximum atomic E-state index is 10.2. The Morgan fingerprint density at radius 2 is 0.600 bits per heavy atom. The molecular formula is C24H50N2O4. The summed E-state index contributed by atoms with van der Waals surface area (Å²) in [5.41, 5.74) is 10.9. The average molecular weight is 431 g/mol. The number of carbonyl (C=O) groups is 2. The van der Waals surface area contributed by atoms with Crippen molar-refractivity contribution in [2.45, 2.75) is 128 Å². The predicted octanol–water partition coefficient (Wildman–Crippen LogP) is 5.86. The van der Waals surface area contributed by atoms with Crippen LogP contribution in [-0.2, 0) is 9.59 Å². The summed E-state index contributed by atoms with van der Waals surface area (Å²) in [6.45, 7) is 1.72. The summed E-state index contributed by atoms with van der Waals surface area (Å²) >= 11 is 0. The molecule has 0 atom stereocenters. The minimum Gasteiger partial charge on any atom is -0.481 e. The van der Waals surface area contributed by atoms with Crippen molar-refractivity contribution in [1.29, 1.82) is 0 Å². The van der Waals surface area contributed by atoms with Crippen molar-refractivity contribution < 1.29 is 19.8 Å². The van der Waals surface area contributed by atoms with Crippen molar-refractivity contribution in [3.63, 3.8) is 0 Å². The molecule has 0 aromatic rings. The Hall–Kier alpha value is -1.14. The quantitative estimate of drug-likeness (QED) is 0.159. The van der Waals surface area contributed by atoms with E-state index < -0.39 is 11.9 Å². The zero-order valence-corrected chi connectivity index (χ0v) is 19.4. The van der Waals surface area contributed by atoms with E-state index in [2.05, 4.69) is 0 Å². The smallest absolute Gasteiger partial charge is 0.303 e. The normalized spacial score (nSPS) is 10.5. The third-order valence-corrected chi connectivity index (χ3v) is 5.19. The van der Waals surface area contributed by atoms with E-state index in [0.717, 1.165) is 64.5 Å². The second kappa shape index (κ2) is 27.9. The second-order valence-corrected chi connectivity index (χ2v) is 8.23. The summed E-state index contributed by atoms with van der Waals surface area (Å²) < 4.78 is 0. The third-order valence-electron chi connectivity index (χ3n) is 5.19. The lowest BCUT2D eigenvalue weighted by Gasteiger charge is -2.01. The molecule has 6 N–H and O–H groups in total. The number of hydrogen-bond acceptors (Lipinski definition) is 4. The van der Waals surface area contributed by atoms with Gasteiger partial charge in [-0.1, -0.05) is 89.9 Å². The van der Waals surface area contributed by atoms with Crippen molar-refractivity contribution in [2.24, 2.45) is 11.5 Å². The molecule has 0 aromatic carbocycles. The van der Waals surface area contributed by atoms with Gasteiger partial charge in [-0.25, -0.2) is 0 Å². The van der Waals surface area contributed by atoms with Crippen molar-refractivity contribution in [3.8, 4) is 0 Å². The molecule has 30 heavy (non-hydrogen) atoms. The highest BCUT2D eigenvalue weighted by molar-refractivity contribution is 5.66.